The molecule has 2 saturated carbocycles. The van der Waals surface area contributed by atoms with Crippen molar-refractivity contribution in [1.29, 1.82) is 0 Å². The second-order valence-electron chi connectivity index (χ2n) is 9.05. The smallest absolute Gasteiger partial charge is 0.310 e. The Kier molecular flexibility index (Phi) is 3.87. The number of pyridine rings is 1. The van der Waals surface area contributed by atoms with Gasteiger partial charge in [0.2, 0.25) is 0 Å². The number of nitrogens with one attached hydrogen (secondary N) is 1. The van der Waals surface area contributed by atoms with Crippen molar-refractivity contribution in [2.45, 2.75) is 57.3 Å². The van der Waals surface area contributed by atoms with E-state index in [4.69, 9.17) is 9.47 Å². The van der Waals surface area contributed by atoms with Gasteiger partial charge in [-0.25, -0.2) is 0 Å². The second kappa shape index (κ2) is 6.03. The average molecular weight is 356 g/mol. The molecule has 1 N–H and O–H groups in total. The van der Waals surface area contributed by atoms with Gasteiger partial charge in [-0.1, -0.05) is 13.0 Å². The molecule has 2 aliphatic carbocycles. The SMILES string of the molecule is C[C@]12CCC[C@]3(CO3)[C@@H]1C[C@H]1[C@@H](C2)OC(=O)[C@@H]1CNCc1ccccn1. The maximum absolute atomic E-state index is 12.6. The summed E-state index contributed by atoms with van der Waals surface area (Å²) < 4.78 is 11.8. The molecule has 3 heterocycles. The van der Waals surface area contributed by atoms with Crippen LogP contribution in [0.25, 0.3) is 0 Å². The first kappa shape index (κ1) is 16.7. The van der Waals surface area contributed by atoms with Gasteiger partial charge in [0.25, 0.3) is 0 Å². The van der Waals surface area contributed by atoms with Crippen molar-refractivity contribution >= 4 is 5.97 Å². The molecule has 26 heavy (non-hydrogen) atoms. The number of nitrogens with zero attached hydrogens (tertiary/aromatic N) is 1. The van der Waals surface area contributed by atoms with Crippen LogP contribution in [0.4, 0.5) is 0 Å². The lowest BCUT2D eigenvalue weighted by atomic mass is 9.53. The molecule has 5 rings (SSSR count). The molecule has 4 aliphatic rings. The van der Waals surface area contributed by atoms with E-state index in [0.717, 1.165) is 25.1 Å². The van der Waals surface area contributed by atoms with E-state index in [1.807, 2.05) is 18.2 Å². The number of fused-ring (bicyclic) bond motifs is 3. The molecule has 0 unspecified atom stereocenters. The average Bonchev–Trinajstić information content (AvgIpc) is 3.33. The molecular formula is C21H28N2O3. The van der Waals surface area contributed by atoms with Crippen LogP contribution in [0.15, 0.2) is 24.4 Å². The summed E-state index contributed by atoms with van der Waals surface area (Å²) >= 11 is 0. The highest BCUT2D eigenvalue weighted by molar-refractivity contribution is 5.75. The quantitative estimate of drug-likeness (QED) is 0.664. The minimum Gasteiger partial charge on any atom is -0.462 e. The summed E-state index contributed by atoms with van der Waals surface area (Å²) in [6.07, 6.45) is 7.66. The summed E-state index contributed by atoms with van der Waals surface area (Å²) in [4.78, 5) is 16.9. The number of aromatic nitrogens is 1. The topological polar surface area (TPSA) is 63.8 Å². The predicted molar refractivity (Wildman–Crippen MR) is 96.2 cm³/mol. The molecule has 1 aromatic heterocycles. The second-order valence-corrected chi connectivity index (χ2v) is 9.05. The van der Waals surface area contributed by atoms with Gasteiger partial charge in [-0.3, -0.25) is 9.78 Å². The molecule has 0 amide bonds. The molecule has 2 aliphatic heterocycles. The molecule has 2 saturated heterocycles. The Morgan fingerprint density at radius 1 is 1.35 bits per heavy atom. The van der Waals surface area contributed by atoms with Gasteiger partial charge in [0, 0.05) is 25.2 Å². The van der Waals surface area contributed by atoms with Crippen molar-refractivity contribution in [3.05, 3.63) is 30.1 Å². The summed E-state index contributed by atoms with van der Waals surface area (Å²) in [5, 5.41) is 3.43. The van der Waals surface area contributed by atoms with Crippen molar-refractivity contribution in [3.8, 4) is 0 Å². The van der Waals surface area contributed by atoms with Crippen LogP contribution in [0.1, 0.15) is 44.7 Å². The fourth-order valence-corrected chi connectivity index (χ4v) is 6.05. The van der Waals surface area contributed by atoms with Crippen molar-refractivity contribution in [3.63, 3.8) is 0 Å². The molecule has 0 radical (unpaired) electrons. The van der Waals surface area contributed by atoms with E-state index in [0.29, 0.717) is 24.9 Å². The third-order valence-corrected chi connectivity index (χ3v) is 7.48. The molecular weight excluding hydrogens is 328 g/mol. The Balaban J connectivity index is 1.28. The van der Waals surface area contributed by atoms with E-state index < -0.39 is 0 Å². The van der Waals surface area contributed by atoms with E-state index in [2.05, 4.69) is 17.2 Å². The minimum atomic E-state index is -0.0361. The van der Waals surface area contributed by atoms with E-state index >= 15 is 0 Å². The van der Waals surface area contributed by atoms with Crippen molar-refractivity contribution in [2.75, 3.05) is 13.2 Å². The lowest BCUT2D eigenvalue weighted by molar-refractivity contribution is -0.147. The molecule has 0 aromatic carbocycles. The molecule has 4 fully saturated rings. The van der Waals surface area contributed by atoms with Gasteiger partial charge in [0.15, 0.2) is 0 Å². The number of rotatable bonds is 4. The first-order valence-electron chi connectivity index (χ1n) is 10.0. The van der Waals surface area contributed by atoms with E-state index in [-0.39, 0.29) is 29.0 Å². The van der Waals surface area contributed by atoms with Crippen LogP contribution in [0, 0.1) is 23.2 Å². The third-order valence-electron chi connectivity index (χ3n) is 7.48. The highest BCUT2D eigenvalue weighted by Crippen LogP contribution is 2.62. The lowest BCUT2D eigenvalue weighted by Gasteiger charge is -2.51. The van der Waals surface area contributed by atoms with Crippen LogP contribution in [0.2, 0.25) is 0 Å². The predicted octanol–water partition coefficient (Wildman–Crippen LogP) is 2.70. The summed E-state index contributed by atoms with van der Waals surface area (Å²) in [5.41, 5.74) is 1.39. The van der Waals surface area contributed by atoms with Gasteiger partial charge in [-0.2, -0.15) is 0 Å². The number of esters is 1. The molecule has 1 spiro atoms. The van der Waals surface area contributed by atoms with Crippen LogP contribution < -0.4 is 5.32 Å². The van der Waals surface area contributed by atoms with Gasteiger partial charge in [-0.15, -0.1) is 0 Å². The van der Waals surface area contributed by atoms with Crippen molar-refractivity contribution in [2.24, 2.45) is 23.2 Å². The maximum Gasteiger partial charge on any atom is 0.310 e. The minimum absolute atomic E-state index is 0.0125. The lowest BCUT2D eigenvalue weighted by Crippen LogP contribution is -2.51. The molecule has 0 bridgehead atoms. The Hall–Kier alpha value is -1.46. The maximum atomic E-state index is 12.6. The van der Waals surface area contributed by atoms with Gasteiger partial charge in [0.05, 0.1) is 23.8 Å². The number of epoxide rings is 1. The summed E-state index contributed by atoms with van der Waals surface area (Å²) in [6.45, 7) is 4.68. The Morgan fingerprint density at radius 3 is 3.00 bits per heavy atom. The molecule has 5 nitrogen and oxygen atoms in total. The van der Waals surface area contributed by atoms with Crippen LogP contribution in [0.3, 0.4) is 0 Å². The molecule has 6 atom stereocenters. The highest BCUT2D eigenvalue weighted by atomic mass is 16.6. The standard InChI is InChI=1S/C21H28N2O3/c1-20-6-4-7-21(13-25-21)18(20)9-15-16(19(24)26-17(15)10-20)12-22-11-14-5-2-3-8-23-14/h2-3,5,8,15-18,22H,4,6-7,9-13H2,1H3/t15-,16-,17-,18-,20-,21+/m1/s1. The molecule has 5 heteroatoms. The van der Waals surface area contributed by atoms with Crippen LogP contribution >= 0.6 is 0 Å². The van der Waals surface area contributed by atoms with Crippen molar-refractivity contribution in [1.82, 2.24) is 10.3 Å². The van der Waals surface area contributed by atoms with E-state index in [1.54, 1.807) is 6.20 Å². The normalized spacial score (nSPS) is 43.7. The van der Waals surface area contributed by atoms with Gasteiger partial charge in [0.1, 0.15) is 6.10 Å². The van der Waals surface area contributed by atoms with Crippen LogP contribution in [0.5, 0.6) is 0 Å². The number of hydrogen-bond donors (Lipinski definition) is 1. The first-order chi connectivity index (χ1) is 12.6. The van der Waals surface area contributed by atoms with Gasteiger partial charge < -0.3 is 14.8 Å². The third kappa shape index (κ3) is 2.67. The fraction of sp³-hybridized carbons (Fsp3) is 0.714. The first-order valence-corrected chi connectivity index (χ1v) is 10.0. The number of hydrogen-bond acceptors (Lipinski definition) is 5. The zero-order valence-corrected chi connectivity index (χ0v) is 15.4. The van der Waals surface area contributed by atoms with Crippen LogP contribution in [-0.4, -0.2) is 35.8 Å². The molecule has 1 aromatic rings. The zero-order chi connectivity index (χ0) is 17.8. The summed E-state index contributed by atoms with van der Waals surface area (Å²) in [5.74, 6) is 0.862. The van der Waals surface area contributed by atoms with Crippen molar-refractivity contribution < 1.29 is 14.3 Å². The summed E-state index contributed by atoms with van der Waals surface area (Å²) in [6, 6.07) is 5.91. The van der Waals surface area contributed by atoms with Gasteiger partial charge >= 0.3 is 5.97 Å². The van der Waals surface area contributed by atoms with Gasteiger partial charge in [-0.05, 0) is 55.6 Å². The van der Waals surface area contributed by atoms with E-state index in [1.165, 1.54) is 19.3 Å². The van der Waals surface area contributed by atoms with E-state index in [9.17, 15) is 4.79 Å². The number of ether oxygens (including phenoxy) is 2. The highest BCUT2D eigenvalue weighted by Gasteiger charge is 2.64. The Morgan fingerprint density at radius 2 is 2.23 bits per heavy atom. The zero-order valence-electron chi connectivity index (χ0n) is 15.4. The Labute approximate surface area is 154 Å². The van der Waals surface area contributed by atoms with Crippen LogP contribution in [-0.2, 0) is 20.8 Å². The Bertz CT molecular complexity index is 690. The largest absolute Gasteiger partial charge is 0.462 e. The number of carbonyl (C=O) groups excluding carboxylic acids is 1. The summed E-state index contributed by atoms with van der Waals surface area (Å²) in [7, 11) is 0. The fourth-order valence-electron chi connectivity index (χ4n) is 6.05. The monoisotopic (exact) mass is 356 g/mol. The number of carbonyl (C=O) groups is 1. The molecule has 140 valence electrons.